The molecular weight excluding hydrogens is 548 g/mol. The fourth-order valence-corrected chi connectivity index (χ4v) is 5.04. The van der Waals surface area contributed by atoms with Crippen LogP contribution in [-0.2, 0) is 34.1 Å². The second-order valence-electron chi connectivity index (χ2n) is 11.5. The Balaban J connectivity index is 1.65. The highest BCUT2D eigenvalue weighted by molar-refractivity contribution is 6.09. The first-order valence-corrected chi connectivity index (χ1v) is 13.9. The van der Waals surface area contributed by atoms with E-state index in [1.165, 1.54) is 14.2 Å². The molecule has 9 nitrogen and oxygen atoms in total. The number of nitrogens with zero attached hydrogens (tertiary/aromatic N) is 1. The number of carbonyl (C=O) groups excluding carboxylic acids is 3. The molecule has 0 radical (unpaired) electrons. The van der Waals surface area contributed by atoms with Crippen LogP contribution in [0.2, 0.25) is 0 Å². The molecule has 5 rings (SSSR count). The molecule has 5 aromatic rings. The lowest BCUT2D eigenvalue weighted by atomic mass is 9.90. The molecule has 222 valence electrons. The Morgan fingerprint density at radius 2 is 1.51 bits per heavy atom. The van der Waals surface area contributed by atoms with Crippen molar-refractivity contribution in [1.82, 2.24) is 9.97 Å². The van der Waals surface area contributed by atoms with Crippen LogP contribution in [0.15, 0.2) is 72.8 Å². The number of rotatable bonds is 8. The number of fused-ring (bicyclic) bond motifs is 4. The molecule has 0 aliphatic rings. The molecule has 9 heteroatoms. The first kappa shape index (κ1) is 29.7. The Kier molecular flexibility index (Phi) is 7.94. The van der Waals surface area contributed by atoms with Crippen molar-refractivity contribution in [3.05, 3.63) is 89.7 Å². The van der Waals surface area contributed by atoms with Gasteiger partial charge in [0.25, 0.3) is 0 Å². The number of aromatic amines is 1. The van der Waals surface area contributed by atoms with Crippen LogP contribution in [0, 0.1) is 5.41 Å². The number of esters is 3. The fourth-order valence-electron chi connectivity index (χ4n) is 5.04. The van der Waals surface area contributed by atoms with Crippen LogP contribution in [-0.4, -0.2) is 48.7 Å². The molecule has 0 spiro atoms. The topological polar surface area (TPSA) is 117 Å². The molecule has 2 atom stereocenters. The quantitative estimate of drug-likeness (QED) is 0.165. The van der Waals surface area contributed by atoms with E-state index in [0.29, 0.717) is 16.5 Å². The molecule has 0 unspecified atom stereocenters. The van der Waals surface area contributed by atoms with E-state index in [-0.39, 0.29) is 18.0 Å². The van der Waals surface area contributed by atoms with Crippen molar-refractivity contribution >= 4 is 50.5 Å². The smallest absolute Gasteiger partial charge is 0.356 e. The lowest BCUT2D eigenvalue weighted by molar-refractivity contribution is -0.180. The van der Waals surface area contributed by atoms with E-state index in [1.807, 2.05) is 66.7 Å². The summed E-state index contributed by atoms with van der Waals surface area (Å²) in [7, 11) is 2.70. The highest BCUT2D eigenvalue weighted by Gasteiger charge is 2.41. The van der Waals surface area contributed by atoms with Gasteiger partial charge in [0.2, 0.25) is 0 Å². The maximum absolute atomic E-state index is 14.1. The number of pyridine rings is 1. The maximum Gasteiger partial charge on any atom is 0.356 e. The van der Waals surface area contributed by atoms with Crippen molar-refractivity contribution < 1.29 is 33.3 Å². The summed E-state index contributed by atoms with van der Waals surface area (Å²) in [5, 5.41) is 3.26. The average molecular weight is 583 g/mol. The summed E-state index contributed by atoms with van der Waals surface area (Å²) in [6.07, 6.45) is -1.21. The summed E-state index contributed by atoms with van der Waals surface area (Å²) in [5.41, 5.74) is -0.194. The zero-order valence-electron chi connectivity index (χ0n) is 25.0. The zero-order valence-corrected chi connectivity index (χ0v) is 25.0. The van der Waals surface area contributed by atoms with Gasteiger partial charge in [-0.2, -0.15) is 0 Å². The first-order valence-electron chi connectivity index (χ1n) is 13.9. The Labute approximate surface area is 249 Å². The van der Waals surface area contributed by atoms with E-state index in [2.05, 4.69) is 9.97 Å². The van der Waals surface area contributed by atoms with Gasteiger partial charge in [-0.1, -0.05) is 60.7 Å². The molecule has 3 aromatic carbocycles. The Morgan fingerprint density at radius 1 is 0.837 bits per heavy atom. The van der Waals surface area contributed by atoms with Gasteiger partial charge in [0.1, 0.15) is 18.0 Å². The molecule has 1 N–H and O–H groups in total. The van der Waals surface area contributed by atoms with Crippen LogP contribution in [0.4, 0.5) is 0 Å². The van der Waals surface area contributed by atoms with Crippen molar-refractivity contribution in [3.63, 3.8) is 0 Å². The van der Waals surface area contributed by atoms with Gasteiger partial charge < -0.3 is 23.9 Å². The van der Waals surface area contributed by atoms with E-state index < -0.39 is 35.0 Å². The zero-order chi connectivity index (χ0) is 30.9. The highest BCUT2D eigenvalue weighted by Crippen LogP contribution is 2.37. The third-order valence-corrected chi connectivity index (χ3v) is 7.55. The standard InChI is InChI=1S/C34H34N2O7/c1-33(2,3)31(38)42-19-27(43-32(39)34(4,41-6)24-16-11-13-20-12-7-8-14-21(20)24)29-28-23(18-26(36-29)30(37)40-5)22-15-9-10-17-25(22)35-28/h7-18,27,35H,19H2,1-6H3/t27-,34+/m0/s1. The molecular formula is C34H34N2O7. The SMILES string of the molecule is COC(=O)c1cc2c([nH]c3ccccc32)c([C@H](COC(=O)C(C)(C)C)OC(=O)[C@](C)(OC)c2cccc3ccccc23)n1. The van der Waals surface area contributed by atoms with Gasteiger partial charge in [-0.05, 0) is 50.6 Å². The second kappa shape index (κ2) is 11.5. The van der Waals surface area contributed by atoms with Gasteiger partial charge >= 0.3 is 17.9 Å². The van der Waals surface area contributed by atoms with Crippen LogP contribution >= 0.6 is 0 Å². The summed E-state index contributed by atoms with van der Waals surface area (Å²) >= 11 is 0. The molecule has 2 aromatic heterocycles. The van der Waals surface area contributed by atoms with Gasteiger partial charge in [0.15, 0.2) is 11.7 Å². The predicted octanol–water partition coefficient (Wildman–Crippen LogP) is 6.39. The van der Waals surface area contributed by atoms with E-state index in [0.717, 1.165) is 21.7 Å². The van der Waals surface area contributed by atoms with Crippen molar-refractivity contribution in [2.45, 2.75) is 39.4 Å². The van der Waals surface area contributed by atoms with Crippen LogP contribution in [0.1, 0.15) is 55.5 Å². The number of methoxy groups -OCH3 is 2. The third-order valence-electron chi connectivity index (χ3n) is 7.55. The molecule has 0 aliphatic heterocycles. The minimum absolute atomic E-state index is 0.0153. The van der Waals surface area contributed by atoms with E-state index in [1.54, 1.807) is 33.8 Å². The first-order chi connectivity index (χ1) is 20.5. The van der Waals surface area contributed by atoms with Crippen molar-refractivity contribution in [2.24, 2.45) is 5.41 Å². The average Bonchev–Trinajstić information content (AvgIpc) is 3.39. The van der Waals surface area contributed by atoms with Gasteiger partial charge in [-0.25, -0.2) is 14.6 Å². The maximum atomic E-state index is 14.1. The number of aromatic nitrogens is 2. The monoisotopic (exact) mass is 582 g/mol. The highest BCUT2D eigenvalue weighted by atomic mass is 16.6. The number of hydrogen-bond donors (Lipinski definition) is 1. The van der Waals surface area contributed by atoms with Crippen LogP contribution < -0.4 is 0 Å². The fraction of sp³-hybridized carbons (Fsp3) is 0.294. The minimum Gasteiger partial charge on any atom is -0.464 e. The number of carbonyl (C=O) groups is 3. The van der Waals surface area contributed by atoms with Crippen molar-refractivity contribution in [3.8, 4) is 0 Å². The van der Waals surface area contributed by atoms with E-state index >= 15 is 0 Å². The minimum atomic E-state index is -1.54. The number of ether oxygens (including phenoxy) is 4. The molecule has 0 bridgehead atoms. The van der Waals surface area contributed by atoms with Gasteiger partial charge in [-0.3, -0.25) is 4.79 Å². The van der Waals surface area contributed by atoms with Gasteiger partial charge in [0, 0.05) is 29.0 Å². The van der Waals surface area contributed by atoms with Gasteiger partial charge in [0.05, 0.1) is 18.0 Å². The molecule has 0 amide bonds. The summed E-state index contributed by atoms with van der Waals surface area (Å²) < 4.78 is 22.6. The Hall–Kier alpha value is -4.76. The Bertz CT molecular complexity index is 1850. The number of nitrogens with one attached hydrogen (secondary N) is 1. The summed E-state index contributed by atoms with van der Waals surface area (Å²) in [6.45, 7) is 6.46. The lowest BCUT2D eigenvalue weighted by Crippen LogP contribution is -2.38. The number of hydrogen-bond acceptors (Lipinski definition) is 8. The summed E-state index contributed by atoms with van der Waals surface area (Å²) in [6, 6.07) is 22.4. The number of para-hydroxylation sites is 1. The van der Waals surface area contributed by atoms with Crippen molar-refractivity contribution in [2.75, 3.05) is 20.8 Å². The van der Waals surface area contributed by atoms with Crippen molar-refractivity contribution in [1.29, 1.82) is 0 Å². The van der Waals surface area contributed by atoms with Crippen LogP contribution in [0.25, 0.3) is 32.6 Å². The summed E-state index contributed by atoms with van der Waals surface area (Å²) in [4.78, 5) is 47.6. The van der Waals surface area contributed by atoms with E-state index in [4.69, 9.17) is 18.9 Å². The third kappa shape index (κ3) is 5.56. The molecule has 0 saturated carbocycles. The number of H-pyrrole nitrogens is 1. The van der Waals surface area contributed by atoms with Crippen LogP contribution in [0.5, 0.6) is 0 Å². The number of benzene rings is 3. The molecule has 0 aliphatic carbocycles. The van der Waals surface area contributed by atoms with Gasteiger partial charge in [-0.15, -0.1) is 0 Å². The normalized spacial score (nSPS) is 13.9. The van der Waals surface area contributed by atoms with Crippen LogP contribution in [0.3, 0.4) is 0 Å². The second-order valence-corrected chi connectivity index (χ2v) is 11.5. The summed E-state index contributed by atoms with van der Waals surface area (Å²) in [5.74, 6) is -1.88. The predicted molar refractivity (Wildman–Crippen MR) is 162 cm³/mol. The largest absolute Gasteiger partial charge is 0.464 e. The van der Waals surface area contributed by atoms with E-state index in [9.17, 15) is 14.4 Å². The Morgan fingerprint density at radius 3 is 2.21 bits per heavy atom. The molecule has 0 fully saturated rings. The lowest BCUT2D eigenvalue weighted by Gasteiger charge is -2.30. The molecule has 2 heterocycles. The molecule has 0 saturated heterocycles. The molecule has 43 heavy (non-hydrogen) atoms.